The Kier molecular flexibility index (Phi) is 6.99. The van der Waals surface area contributed by atoms with Crippen molar-refractivity contribution in [3.05, 3.63) is 65.5 Å². The Labute approximate surface area is 179 Å². The summed E-state index contributed by atoms with van der Waals surface area (Å²) in [4.78, 5) is 29.5. The molecule has 2 aromatic carbocycles. The van der Waals surface area contributed by atoms with Gasteiger partial charge in [-0.2, -0.15) is 0 Å². The Hall–Kier alpha value is -3.29. The maximum atomic E-state index is 13.9. The van der Waals surface area contributed by atoms with Crippen LogP contribution in [0.15, 0.2) is 42.5 Å². The second-order valence-corrected chi connectivity index (χ2v) is 7.74. The Morgan fingerprint density at radius 2 is 1.74 bits per heavy atom. The van der Waals surface area contributed by atoms with Gasteiger partial charge in [-0.25, -0.2) is 13.8 Å². The van der Waals surface area contributed by atoms with Crippen LogP contribution >= 0.6 is 0 Å². The molecular weight excluding hydrogens is 402 g/mol. The lowest BCUT2D eigenvalue weighted by Crippen LogP contribution is -2.50. The number of rotatable bonds is 8. The zero-order chi connectivity index (χ0) is 22.5. The highest BCUT2D eigenvalue weighted by Gasteiger charge is 2.27. The van der Waals surface area contributed by atoms with E-state index in [1.165, 1.54) is 6.07 Å². The van der Waals surface area contributed by atoms with Gasteiger partial charge < -0.3 is 15.2 Å². The predicted molar refractivity (Wildman–Crippen MR) is 115 cm³/mol. The highest BCUT2D eigenvalue weighted by molar-refractivity contribution is 5.98. The molecule has 0 aliphatic heterocycles. The first-order chi connectivity index (χ1) is 14.8. The molecule has 0 saturated heterocycles. The first-order valence-corrected chi connectivity index (χ1v) is 10.2. The zero-order valence-electron chi connectivity index (χ0n) is 17.8. The van der Waals surface area contributed by atoms with Crippen LogP contribution in [0.2, 0.25) is 0 Å². The summed E-state index contributed by atoms with van der Waals surface area (Å²) >= 11 is 0. The van der Waals surface area contributed by atoms with Crippen molar-refractivity contribution >= 4 is 22.8 Å². The number of aromatic nitrogens is 2. The number of aryl methyl sites for hydroxylation is 2. The number of hydrogen-bond acceptors (Lipinski definition) is 3. The third-order valence-corrected chi connectivity index (χ3v) is 5.13. The Morgan fingerprint density at radius 3 is 2.42 bits per heavy atom. The number of hydrogen-bond donors (Lipinski definition) is 2. The fourth-order valence-corrected chi connectivity index (χ4v) is 3.50. The van der Waals surface area contributed by atoms with E-state index in [1.807, 2.05) is 31.2 Å². The largest absolute Gasteiger partial charge is 0.354 e. The van der Waals surface area contributed by atoms with E-state index in [2.05, 4.69) is 20.2 Å². The molecule has 0 fully saturated rings. The zero-order valence-corrected chi connectivity index (χ0v) is 17.8. The van der Waals surface area contributed by atoms with E-state index < -0.39 is 35.1 Å². The molecule has 0 aliphatic carbocycles. The van der Waals surface area contributed by atoms with Gasteiger partial charge in [-0.1, -0.05) is 32.0 Å². The van der Waals surface area contributed by atoms with Crippen LogP contribution in [0.3, 0.4) is 0 Å². The van der Waals surface area contributed by atoms with E-state index in [0.29, 0.717) is 19.5 Å². The number of carbonyl (C=O) groups excluding carboxylic acids is 2. The molecule has 3 rings (SSSR count). The predicted octanol–water partition coefficient (Wildman–Crippen LogP) is 3.58. The Balaban J connectivity index is 1.58. The maximum Gasteiger partial charge on any atom is 0.257 e. The molecular formula is C23H26F2N4O2. The van der Waals surface area contributed by atoms with Crippen molar-refractivity contribution in [2.75, 3.05) is 6.54 Å². The summed E-state index contributed by atoms with van der Waals surface area (Å²) < 4.78 is 29.8. The number of fused-ring (bicyclic) bond motifs is 1. The monoisotopic (exact) mass is 428 g/mol. The van der Waals surface area contributed by atoms with Gasteiger partial charge in [-0.15, -0.1) is 0 Å². The standard InChI is InChI=1S/C23H26F2N4O2/c1-14(2)21(28-22(30)20-16(24)8-6-9-17(20)25)23(31)26-12-7-13-29-15(3)27-18-10-4-5-11-19(18)29/h4-6,8-11,14,21H,7,12-13H2,1-3H3,(H,26,31)(H,28,30). The van der Waals surface area contributed by atoms with E-state index in [-0.39, 0.29) is 5.92 Å². The number of halogens is 2. The van der Waals surface area contributed by atoms with Gasteiger partial charge in [0.05, 0.1) is 11.0 Å². The van der Waals surface area contributed by atoms with Crippen LogP contribution in [0.1, 0.15) is 36.5 Å². The van der Waals surface area contributed by atoms with Crippen molar-refractivity contribution < 1.29 is 18.4 Å². The van der Waals surface area contributed by atoms with Gasteiger partial charge >= 0.3 is 0 Å². The summed E-state index contributed by atoms with van der Waals surface area (Å²) in [5.41, 5.74) is 1.26. The summed E-state index contributed by atoms with van der Waals surface area (Å²) in [7, 11) is 0. The van der Waals surface area contributed by atoms with Crippen LogP contribution in [0.5, 0.6) is 0 Å². The van der Waals surface area contributed by atoms with E-state index in [4.69, 9.17) is 0 Å². The van der Waals surface area contributed by atoms with Crippen molar-refractivity contribution in [2.24, 2.45) is 5.92 Å². The minimum Gasteiger partial charge on any atom is -0.354 e. The van der Waals surface area contributed by atoms with Gasteiger partial charge in [0.25, 0.3) is 5.91 Å². The molecule has 0 bridgehead atoms. The lowest BCUT2D eigenvalue weighted by Gasteiger charge is -2.22. The summed E-state index contributed by atoms with van der Waals surface area (Å²) in [5.74, 6) is -2.66. The fraction of sp³-hybridized carbons (Fsp3) is 0.348. The van der Waals surface area contributed by atoms with Crippen molar-refractivity contribution in [3.63, 3.8) is 0 Å². The van der Waals surface area contributed by atoms with Crippen LogP contribution < -0.4 is 10.6 Å². The van der Waals surface area contributed by atoms with Crippen LogP contribution in [0.4, 0.5) is 8.78 Å². The van der Waals surface area contributed by atoms with E-state index in [1.54, 1.807) is 13.8 Å². The molecule has 0 aliphatic rings. The number of imidazole rings is 1. The molecule has 1 atom stereocenters. The van der Waals surface area contributed by atoms with Gasteiger partial charge in [0.15, 0.2) is 0 Å². The molecule has 3 aromatic rings. The number of benzene rings is 2. The highest BCUT2D eigenvalue weighted by Crippen LogP contribution is 2.16. The van der Waals surface area contributed by atoms with Gasteiger partial charge in [0, 0.05) is 13.1 Å². The Morgan fingerprint density at radius 1 is 1.06 bits per heavy atom. The van der Waals surface area contributed by atoms with Crippen LogP contribution in [0, 0.1) is 24.5 Å². The van der Waals surface area contributed by atoms with Gasteiger partial charge in [-0.3, -0.25) is 9.59 Å². The lowest BCUT2D eigenvalue weighted by molar-refractivity contribution is -0.123. The van der Waals surface area contributed by atoms with Crippen LogP contribution in [-0.2, 0) is 11.3 Å². The van der Waals surface area contributed by atoms with Crippen molar-refractivity contribution in [3.8, 4) is 0 Å². The first-order valence-electron chi connectivity index (χ1n) is 10.2. The molecule has 2 amide bonds. The summed E-state index contributed by atoms with van der Waals surface area (Å²) in [6.45, 7) is 6.50. The first kappa shape index (κ1) is 22.4. The second-order valence-electron chi connectivity index (χ2n) is 7.74. The number of nitrogens with zero attached hydrogens (tertiary/aromatic N) is 2. The van der Waals surface area contributed by atoms with Gasteiger partial charge in [-0.05, 0) is 43.5 Å². The molecule has 2 N–H and O–H groups in total. The van der Waals surface area contributed by atoms with Crippen molar-refractivity contribution in [1.82, 2.24) is 20.2 Å². The van der Waals surface area contributed by atoms with Crippen LogP contribution in [-0.4, -0.2) is 34.0 Å². The molecule has 8 heteroatoms. The molecule has 0 spiro atoms. The van der Waals surface area contributed by atoms with Crippen molar-refractivity contribution in [1.29, 1.82) is 0 Å². The minimum atomic E-state index is -0.969. The third kappa shape index (κ3) is 5.07. The molecule has 1 heterocycles. The summed E-state index contributed by atoms with van der Waals surface area (Å²) in [6.07, 6.45) is 0.660. The molecule has 1 aromatic heterocycles. The maximum absolute atomic E-state index is 13.9. The number of amides is 2. The lowest BCUT2D eigenvalue weighted by atomic mass is 10.0. The SMILES string of the molecule is Cc1nc2ccccc2n1CCCNC(=O)C(NC(=O)c1c(F)cccc1F)C(C)C. The van der Waals surface area contributed by atoms with Gasteiger partial charge in [0.2, 0.25) is 5.91 Å². The topological polar surface area (TPSA) is 76.0 Å². The molecule has 164 valence electrons. The van der Waals surface area contributed by atoms with Crippen LogP contribution in [0.25, 0.3) is 11.0 Å². The molecule has 6 nitrogen and oxygen atoms in total. The highest BCUT2D eigenvalue weighted by atomic mass is 19.1. The second kappa shape index (κ2) is 9.68. The molecule has 0 saturated carbocycles. The van der Waals surface area contributed by atoms with Crippen molar-refractivity contribution in [2.45, 2.75) is 39.8 Å². The van der Waals surface area contributed by atoms with E-state index >= 15 is 0 Å². The molecule has 31 heavy (non-hydrogen) atoms. The number of para-hydroxylation sites is 2. The number of nitrogens with one attached hydrogen (secondary N) is 2. The van der Waals surface area contributed by atoms with Gasteiger partial charge in [0.1, 0.15) is 29.1 Å². The average Bonchev–Trinajstić information content (AvgIpc) is 3.04. The average molecular weight is 428 g/mol. The molecule has 1 unspecified atom stereocenters. The fourth-order valence-electron chi connectivity index (χ4n) is 3.50. The number of carbonyl (C=O) groups is 2. The smallest absolute Gasteiger partial charge is 0.257 e. The Bertz CT molecular complexity index is 1070. The van der Waals surface area contributed by atoms with E-state index in [0.717, 1.165) is 29.0 Å². The summed E-state index contributed by atoms with van der Waals surface area (Å²) in [5, 5.41) is 5.26. The normalized spacial score (nSPS) is 12.2. The van der Waals surface area contributed by atoms with E-state index in [9.17, 15) is 18.4 Å². The summed E-state index contributed by atoms with van der Waals surface area (Å²) in [6, 6.07) is 10.1. The quantitative estimate of drug-likeness (QED) is 0.539. The molecule has 0 radical (unpaired) electrons. The minimum absolute atomic E-state index is 0.265. The third-order valence-electron chi connectivity index (χ3n) is 5.13.